The van der Waals surface area contributed by atoms with Gasteiger partial charge in [0.15, 0.2) is 0 Å². The van der Waals surface area contributed by atoms with E-state index in [1.807, 2.05) is 0 Å². The highest BCUT2D eigenvalue weighted by Gasteiger charge is 2.39. The van der Waals surface area contributed by atoms with Crippen LogP contribution in [0, 0.1) is 5.92 Å². The molecule has 0 radical (unpaired) electrons. The molecule has 1 amide bonds. The molecule has 0 aliphatic carbocycles. The average Bonchev–Trinajstić information content (AvgIpc) is 2.22. The van der Waals surface area contributed by atoms with Gasteiger partial charge in [-0.2, -0.15) is 0 Å². The van der Waals surface area contributed by atoms with Gasteiger partial charge in [0.05, 0.1) is 24.4 Å². The van der Waals surface area contributed by atoms with Crippen molar-refractivity contribution in [1.29, 1.82) is 0 Å². The lowest BCUT2D eigenvalue weighted by Gasteiger charge is -2.45. The van der Waals surface area contributed by atoms with Gasteiger partial charge in [-0.05, 0) is 19.8 Å². The molecule has 1 N–H and O–H groups in total. The SMILES string of the molecule is CC1CN(C(C(=O)N2CC(O)C2)C(C)C)CC(C)O1. The summed E-state index contributed by atoms with van der Waals surface area (Å²) in [6.45, 7) is 10.8. The number of nitrogens with zero attached hydrogens (tertiary/aromatic N) is 2. The second kappa shape index (κ2) is 5.77. The molecule has 0 saturated carbocycles. The number of aliphatic hydroxyl groups excluding tert-OH is 1. The van der Waals surface area contributed by atoms with E-state index in [-0.39, 0.29) is 36.2 Å². The summed E-state index contributed by atoms with van der Waals surface area (Å²) < 4.78 is 5.74. The molecule has 0 bridgehead atoms. The van der Waals surface area contributed by atoms with Gasteiger partial charge in [0.1, 0.15) is 0 Å². The highest BCUT2D eigenvalue weighted by molar-refractivity contribution is 5.83. The van der Waals surface area contributed by atoms with Gasteiger partial charge in [-0.25, -0.2) is 0 Å². The molecule has 2 aliphatic heterocycles. The predicted octanol–water partition coefficient (Wildman–Crippen LogP) is 0.323. The van der Waals surface area contributed by atoms with Gasteiger partial charge in [-0.3, -0.25) is 9.69 Å². The quantitative estimate of drug-likeness (QED) is 0.802. The maximum atomic E-state index is 12.6. The average molecular weight is 270 g/mol. The lowest BCUT2D eigenvalue weighted by molar-refractivity contribution is -0.154. The first-order chi connectivity index (χ1) is 8.88. The number of likely N-dealkylation sites (tertiary alicyclic amines) is 1. The van der Waals surface area contributed by atoms with Crippen molar-refractivity contribution < 1.29 is 14.6 Å². The zero-order valence-electron chi connectivity index (χ0n) is 12.4. The van der Waals surface area contributed by atoms with Crippen LogP contribution in [0.3, 0.4) is 0 Å². The molecule has 0 spiro atoms. The van der Waals surface area contributed by atoms with Crippen LogP contribution < -0.4 is 0 Å². The Balaban J connectivity index is 2.04. The third kappa shape index (κ3) is 3.27. The van der Waals surface area contributed by atoms with Crippen LogP contribution in [-0.2, 0) is 9.53 Å². The Bertz CT molecular complexity index is 319. The molecule has 0 aromatic rings. The fraction of sp³-hybridized carbons (Fsp3) is 0.929. The lowest BCUT2D eigenvalue weighted by Crippen LogP contribution is -2.62. The largest absolute Gasteiger partial charge is 0.389 e. The number of carbonyl (C=O) groups is 1. The second-order valence-corrected chi connectivity index (χ2v) is 6.30. The highest BCUT2D eigenvalue weighted by Crippen LogP contribution is 2.22. The zero-order chi connectivity index (χ0) is 14.2. The summed E-state index contributed by atoms with van der Waals surface area (Å²) in [4.78, 5) is 16.6. The Hall–Kier alpha value is -0.650. The summed E-state index contributed by atoms with van der Waals surface area (Å²) in [5.41, 5.74) is 0. The van der Waals surface area contributed by atoms with Crippen molar-refractivity contribution in [1.82, 2.24) is 9.80 Å². The van der Waals surface area contributed by atoms with Crippen LogP contribution in [0.25, 0.3) is 0 Å². The molecule has 5 nitrogen and oxygen atoms in total. The molecule has 3 atom stereocenters. The first-order valence-electron chi connectivity index (χ1n) is 7.24. The fourth-order valence-corrected chi connectivity index (χ4v) is 3.13. The van der Waals surface area contributed by atoms with Crippen molar-refractivity contribution >= 4 is 5.91 Å². The summed E-state index contributed by atoms with van der Waals surface area (Å²) in [5.74, 6) is 0.421. The van der Waals surface area contributed by atoms with Crippen LogP contribution in [0.1, 0.15) is 27.7 Å². The molecular formula is C14H26N2O3. The van der Waals surface area contributed by atoms with E-state index in [1.54, 1.807) is 4.90 Å². The molecule has 2 heterocycles. The normalized spacial score (nSPS) is 31.4. The third-order valence-corrected chi connectivity index (χ3v) is 3.90. The van der Waals surface area contributed by atoms with Gasteiger partial charge in [0.25, 0.3) is 0 Å². The van der Waals surface area contributed by atoms with Crippen molar-refractivity contribution in [2.24, 2.45) is 5.92 Å². The van der Waals surface area contributed by atoms with Crippen LogP contribution in [0.15, 0.2) is 0 Å². The molecule has 3 unspecified atom stereocenters. The van der Waals surface area contributed by atoms with Crippen LogP contribution in [0.5, 0.6) is 0 Å². The monoisotopic (exact) mass is 270 g/mol. The number of β-amino-alcohol motifs (C(OH)–C–C–N with tert-alkyl or cyclic N) is 1. The van der Waals surface area contributed by atoms with Gasteiger partial charge in [0.2, 0.25) is 5.91 Å². The Kier molecular flexibility index (Phi) is 4.48. The van der Waals surface area contributed by atoms with Gasteiger partial charge < -0.3 is 14.7 Å². The minimum Gasteiger partial charge on any atom is -0.389 e. The van der Waals surface area contributed by atoms with E-state index in [1.165, 1.54) is 0 Å². The molecule has 110 valence electrons. The smallest absolute Gasteiger partial charge is 0.240 e. The highest BCUT2D eigenvalue weighted by atomic mass is 16.5. The van der Waals surface area contributed by atoms with Crippen molar-refractivity contribution in [3.8, 4) is 0 Å². The number of amides is 1. The van der Waals surface area contributed by atoms with Crippen molar-refractivity contribution in [3.05, 3.63) is 0 Å². The minimum atomic E-state index is -0.334. The van der Waals surface area contributed by atoms with Crippen LogP contribution in [0.2, 0.25) is 0 Å². The first-order valence-corrected chi connectivity index (χ1v) is 7.24. The number of aliphatic hydroxyl groups is 1. The Morgan fingerprint density at radius 3 is 2.11 bits per heavy atom. The molecule has 0 aromatic carbocycles. The van der Waals surface area contributed by atoms with Gasteiger partial charge in [-0.1, -0.05) is 13.8 Å². The molecule has 19 heavy (non-hydrogen) atoms. The van der Waals surface area contributed by atoms with E-state index in [2.05, 4.69) is 32.6 Å². The fourth-order valence-electron chi connectivity index (χ4n) is 3.13. The number of carbonyl (C=O) groups excluding carboxylic acids is 1. The summed E-state index contributed by atoms with van der Waals surface area (Å²) in [7, 11) is 0. The van der Waals surface area contributed by atoms with Crippen molar-refractivity contribution in [2.45, 2.75) is 52.0 Å². The van der Waals surface area contributed by atoms with Crippen LogP contribution in [0.4, 0.5) is 0 Å². The molecule has 2 rings (SSSR count). The molecular weight excluding hydrogens is 244 g/mol. The molecule has 5 heteroatoms. The number of ether oxygens (including phenoxy) is 1. The Morgan fingerprint density at radius 1 is 1.16 bits per heavy atom. The van der Waals surface area contributed by atoms with Crippen LogP contribution >= 0.6 is 0 Å². The van der Waals surface area contributed by atoms with E-state index in [0.717, 1.165) is 13.1 Å². The third-order valence-electron chi connectivity index (χ3n) is 3.90. The number of rotatable bonds is 3. The van der Waals surface area contributed by atoms with Crippen LogP contribution in [-0.4, -0.2) is 71.3 Å². The summed E-state index contributed by atoms with van der Waals surface area (Å²) >= 11 is 0. The molecule has 2 saturated heterocycles. The maximum Gasteiger partial charge on any atom is 0.240 e. The topological polar surface area (TPSA) is 53.0 Å². The van der Waals surface area contributed by atoms with Crippen molar-refractivity contribution in [3.63, 3.8) is 0 Å². The summed E-state index contributed by atoms with van der Waals surface area (Å²) in [6.07, 6.45) is -0.00106. The lowest BCUT2D eigenvalue weighted by atomic mass is 9.97. The van der Waals surface area contributed by atoms with E-state index >= 15 is 0 Å². The number of morpholine rings is 1. The van der Waals surface area contributed by atoms with Crippen molar-refractivity contribution in [2.75, 3.05) is 26.2 Å². The first kappa shape index (κ1) is 14.8. The van der Waals surface area contributed by atoms with Gasteiger partial charge >= 0.3 is 0 Å². The molecule has 0 aromatic heterocycles. The molecule has 2 aliphatic rings. The standard InChI is InChI=1S/C14H26N2O3/c1-9(2)13(14(18)16-7-12(17)8-16)15-5-10(3)19-11(4)6-15/h9-13,17H,5-8H2,1-4H3. The van der Waals surface area contributed by atoms with Gasteiger partial charge in [0, 0.05) is 26.2 Å². The maximum absolute atomic E-state index is 12.6. The Morgan fingerprint density at radius 2 is 1.68 bits per heavy atom. The predicted molar refractivity (Wildman–Crippen MR) is 72.8 cm³/mol. The number of hydrogen-bond acceptors (Lipinski definition) is 4. The summed E-state index contributed by atoms with van der Waals surface area (Å²) in [6, 6.07) is -0.0960. The minimum absolute atomic E-state index is 0.0960. The van der Waals surface area contributed by atoms with E-state index in [4.69, 9.17) is 4.74 Å². The van der Waals surface area contributed by atoms with E-state index in [0.29, 0.717) is 13.1 Å². The second-order valence-electron chi connectivity index (χ2n) is 6.30. The van der Waals surface area contributed by atoms with Gasteiger partial charge in [-0.15, -0.1) is 0 Å². The van der Waals surface area contributed by atoms with E-state index < -0.39 is 0 Å². The van der Waals surface area contributed by atoms with E-state index in [9.17, 15) is 9.90 Å². The number of hydrogen-bond donors (Lipinski definition) is 1. The molecule has 2 fully saturated rings. The summed E-state index contributed by atoms with van der Waals surface area (Å²) in [5, 5.41) is 9.35. The Labute approximate surface area is 115 Å². The zero-order valence-corrected chi connectivity index (χ0v) is 12.4.